The van der Waals surface area contributed by atoms with Crippen LogP contribution in [0.15, 0.2) is 0 Å². The van der Waals surface area contributed by atoms with Crippen molar-refractivity contribution in [2.75, 3.05) is 13.2 Å². The maximum Gasteiger partial charge on any atom is 0.220 e. The van der Waals surface area contributed by atoms with Gasteiger partial charge in [-0.15, -0.1) is 0 Å². The predicted molar refractivity (Wildman–Crippen MR) is 309 cm³/mol. The predicted octanol–water partition coefficient (Wildman–Crippen LogP) is 17.0. The Labute approximate surface area is 453 Å². The van der Waals surface area contributed by atoms with Gasteiger partial charge in [-0.05, 0) is 12.8 Å². The molecule has 0 aromatic heterocycles. The SMILES string of the molecule is CCCCCCCCCCCCCCCCCCCCCCCCCCCCCCCCCCCCCC(=O)NC(COC1OC(CO)C(O)C(O)C1O)C(O)CCCCCCCCCCCCCCCCC. The highest BCUT2D eigenvalue weighted by atomic mass is 16.7. The number of aliphatic hydroxyl groups is 5. The van der Waals surface area contributed by atoms with Crippen LogP contribution in [0.5, 0.6) is 0 Å². The van der Waals surface area contributed by atoms with Gasteiger partial charge < -0.3 is 40.3 Å². The molecular formula is C64H127NO8. The van der Waals surface area contributed by atoms with Gasteiger partial charge in [-0.1, -0.05) is 328 Å². The van der Waals surface area contributed by atoms with Crippen molar-refractivity contribution in [3.05, 3.63) is 0 Å². The first-order valence-electron chi connectivity index (χ1n) is 32.7. The lowest BCUT2D eigenvalue weighted by Crippen LogP contribution is -2.60. The second-order valence-electron chi connectivity index (χ2n) is 23.3. The third-order valence-electron chi connectivity index (χ3n) is 16.2. The van der Waals surface area contributed by atoms with Gasteiger partial charge >= 0.3 is 0 Å². The monoisotopic (exact) mass is 1040 g/mol. The van der Waals surface area contributed by atoms with E-state index in [1.807, 2.05) is 0 Å². The van der Waals surface area contributed by atoms with Gasteiger partial charge in [-0.2, -0.15) is 0 Å². The van der Waals surface area contributed by atoms with Crippen LogP contribution in [0.4, 0.5) is 0 Å². The van der Waals surface area contributed by atoms with E-state index in [9.17, 15) is 30.3 Å². The summed E-state index contributed by atoms with van der Waals surface area (Å²) in [4.78, 5) is 13.1. The number of carbonyl (C=O) groups is 1. The maximum atomic E-state index is 13.1. The molecule has 1 aliphatic rings. The molecule has 0 aromatic carbocycles. The Morgan fingerprint density at radius 2 is 0.685 bits per heavy atom. The molecule has 1 heterocycles. The minimum Gasteiger partial charge on any atom is -0.394 e. The van der Waals surface area contributed by atoms with E-state index in [0.717, 1.165) is 38.5 Å². The Hall–Kier alpha value is -0.810. The summed E-state index contributed by atoms with van der Waals surface area (Å²) >= 11 is 0. The summed E-state index contributed by atoms with van der Waals surface area (Å²) in [6, 6.07) is -0.713. The third-order valence-corrected chi connectivity index (χ3v) is 16.2. The van der Waals surface area contributed by atoms with E-state index in [4.69, 9.17) is 9.47 Å². The zero-order valence-electron chi connectivity index (χ0n) is 48.7. The summed E-state index contributed by atoms with van der Waals surface area (Å²) in [5.41, 5.74) is 0. The average molecular weight is 1040 g/mol. The fourth-order valence-corrected chi connectivity index (χ4v) is 11.0. The standard InChI is InChI=1S/C64H127NO8/c1-3-5-7-9-11-13-15-17-19-20-21-22-23-24-25-26-27-28-29-30-31-32-33-34-35-36-37-38-40-42-44-46-48-50-52-54-60(68)65-57(56-72-64-63(71)62(70)61(69)59(55-66)73-64)58(67)53-51-49-47-45-43-41-39-18-16-14-12-10-8-6-4-2/h57-59,61-64,66-67,69-71H,3-56H2,1-2H3,(H,65,68). The molecule has 1 fully saturated rings. The molecule has 436 valence electrons. The highest BCUT2D eigenvalue weighted by Crippen LogP contribution is 2.24. The van der Waals surface area contributed by atoms with Crippen LogP contribution in [0, 0.1) is 0 Å². The molecule has 0 bridgehead atoms. The fraction of sp³-hybridized carbons (Fsp3) is 0.984. The first-order chi connectivity index (χ1) is 35.8. The number of aliphatic hydroxyl groups excluding tert-OH is 5. The molecule has 0 radical (unpaired) electrons. The Balaban J connectivity index is 2.04. The van der Waals surface area contributed by atoms with E-state index in [2.05, 4.69) is 19.2 Å². The number of hydrogen-bond donors (Lipinski definition) is 6. The van der Waals surface area contributed by atoms with E-state index >= 15 is 0 Å². The lowest BCUT2D eigenvalue weighted by Gasteiger charge is -2.40. The summed E-state index contributed by atoms with van der Waals surface area (Å²) < 4.78 is 11.3. The largest absolute Gasteiger partial charge is 0.394 e. The van der Waals surface area contributed by atoms with Crippen molar-refractivity contribution in [2.45, 2.75) is 391 Å². The quantitative estimate of drug-likeness (QED) is 0.0330. The van der Waals surface area contributed by atoms with Crippen LogP contribution in [-0.2, 0) is 14.3 Å². The van der Waals surface area contributed by atoms with Crippen LogP contribution in [-0.4, -0.2) is 87.5 Å². The van der Waals surface area contributed by atoms with Crippen LogP contribution < -0.4 is 5.32 Å². The molecular weight excluding hydrogens is 911 g/mol. The smallest absolute Gasteiger partial charge is 0.220 e. The molecule has 9 heteroatoms. The van der Waals surface area contributed by atoms with Crippen molar-refractivity contribution >= 4 is 5.91 Å². The maximum absolute atomic E-state index is 13.1. The summed E-state index contributed by atoms with van der Waals surface area (Å²) in [5, 5.41) is 54.7. The fourth-order valence-electron chi connectivity index (χ4n) is 11.0. The Morgan fingerprint density at radius 1 is 0.411 bits per heavy atom. The third kappa shape index (κ3) is 43.8. The normalized spacial score (nSPS) is 18.9. The molecule has 9 nitrogen and oxygen atoms in total. The molecule has 1 amide bonds. The number of nitrogens with one attached hydrogen (secondary N) is 1. The molecule has 7 atom stereocenters. The van der Waals surface area contributed by atoms with Gasteiger partial charge in [-0.25, -0.2) is 0 Å². The molecule has 1 saturated heterocycles. The van der Waals surface area contributed by atoms with Crippen LogP contribution >= 0.6 is 0 Å². The number of unbranched alkanes of at least 4 members (excludes halogenated alkanes) is 48. The van der Waals surface area contributed by atoms with Crippen molar-refractivity contribution < 1.29 is 39.8 Å². The topological polar surface area (TPSA) is 149 Å². The zero-order valence-corrected chi connectivity index (χ0v) is 48.7. The first kappa shape index (κ1) is 70.2. The molecule has 1 aliphatic heterocycles. The van der Waals surface area contributed by atoms with Crippen molar-refractivity contribution in [1.29, 1.82) is 0 Å². The van der Waals surface area contributed by atoms with Crippen molar-refractivity contribution in [2.24, 2.45) is 0 Å². The zero-order chi connectivity index (χ0) is 52.9. The van der Waals surface area contributed by atoms with Gasteiger partial charge in [0.05, 0.1) is 25.4 Å². The highest BCUT2D eigenvalue weighted by Gasteiger charge is 2.44. The molecule has 1 rings (SSSR count). The van der Waals surface area contributed by atoms with E-state index in [1.165, 1.54) is 283 Å². The highest BCUT2D eigenvalue weighted by molar-refractivity contribution is 5.76. The number of ether oxygens (including phenoxy) is 2. The van der Waals surface area contributed by atoms with Gasteiger partial charge in [0.25, 0.3) is 0 Å². The Bertz CT molecular complexity index is 1110. The second kappa shape index (κ2) is 54.5. The lowest BCUT2D eigenvalue weighted by atomic mass is 9.99. The molecule has 0 saturated carbocycles. The lowest BCUT2D eigenvalue weighted by molar-refractivity contribution is -0.302. The summed E-state index contributed by atoms with van der Waals surface area (Å²) in [5.74, 6) is -0.135. The van der Waals surface area contributed by atoms with Crippen molar-refractivity contribution in [1.82, 2.24) is 5.32 Å². The van der Waals surface area contributed by atoms with Gasteiger partial charge in [0.1, 0.15) is 24.4 Å². The Morgan fingerprint density at radius 3 is 0.973 bits per heavy atom. The van der Waals surface area contributed by atoms with Gasteiger partial charge in [-0.3, -0.25) is 4.79 Å². The number of carbonyl (C=O) groups excluding carboxylic acids is 1. The van der Waals surface area contributed by atoms with Crippen LogP contribution in [0.1, 0.15) is 348 Å². The van der Waals surface area contributed by atoms with E-state index in [-0.39, 0.29) is 12.5 Å². The Kier molecular flexibility index (Phi) is 52.5. The first-order valence-corrected chi connectivity index (χ1v) is 32.7. The second-order valence-corrected chi connectivity index (χ2v) is 23.3. The molecule has 6 N–H and O–H groups in total. The minimum atomic E-state index is -1.55. The summed E-state index contributed by atoms with van der Waals surface area (Å²) in [6.45, 7) is 3.89. The molecule has 0 aliphatic carbocycles. The number of amides is 1. The van der Waals surface area contributed by atoms with E-state index in [1.54, 1.807) is 0 Å². The van der Waals surface area contributed by atoms with Crippen molar-refractivity contribution in [3.8, 4) is 0 Å². The molecule has 0 aromatic rings. The van der Waals surface area contributed by atoms with Crippen molar-refractivity contribution in [3.63, 3.8) is 0 Å². The van der Waals surface area contributed by atoms with Crippen LogP contribution in [0.3, 0.4) is 0 Å². The van der Waals surface area contributed by atoms with Crippen LogP contribution in [0.2, 0.25) is 0 Å². The molecule has 7 unspecified atom stereocenters. The average Bonchev–Trinajstić information content (AvgIpc) is 3.39. The molecule has 73 heavy (non-hydrogen) atoms. The number of rotatable bonds is 58. The molecule has 0 spiro atoms. The van der Waals surface area contributed by atoms with Crippen LogP contribution in [0.25, 0.3) is 0 Å². The minimum absolute atomic E-state index is 0.131. The van der Waals surface area contributed by atoms with Gasteiger partial charge in [0, 0.05) is 6.42 Å². The summed E-state index contributed by atoms with van der Waals surface area (Å²) in [6.07, 6.45) is 60.3. The summed E-state index contributed by atoms with van der Waals surface area (Å²) in [7, 11) is 0. The number of hydrogen-bond acceptors (Lipinski definition) is 8. The van der Waals surface area contributed by atoms with E-state index in [0.29, 0.717) is 12.8 Å². The van der Waals surface area contributed by atoms with Gasteiger partial charge in [0.15, 0.2) is 6.29 Å². The van der Waals surface area contributed by atoms with Gasteiger partial charge in [0.2, 0.25) is 5.91 Å². The van der Waals surface area contributed by atoms with E-state index < -0.39 is 49.5 Å².